The van der Waals surface area contributed by atoms with E-state index >= 15 is 0 Å². The summed E-state index contributed by atoms with van der Waals surface area (Å²) in [6, 6.07) is 10.4. The fourth-order valence-corrected chi connectivity index (χ4v) is 3.99. The van der Waals surface area contributed by atoms with Gasteiger partial charge in [-0.05, 0) is 68.4 Å². The van der Waals surface area contributed by atoms with Crippen molar-refractivity contribution in [2.45, 2.75) is 32.6 Å². The molecule has 0 saturated carbocycles. The van der Waals surface area contributed by atoms with Gasteiger partial charge in [-0.3, -0.25) is 9.78 Å². The van der Waals surface area contributed by atoms with Crippen molar-refractivity contribution in [3.63, 3.8) is 0 Å². The molecule has 6 heteroatoms. The SMILES string of the molecule is Cc1nc(-c2cccnc2)ncc1C(=O)N1CCC[C@H](CCc2ccc(F)cc2)C1. The number of piperidine rings is 1. The fourth-order valence-electron chi connectivity index (χ4n) is 3.99. The van der Waals surface area contributed by atoms with Crippen LogP contribution < -0.4 is 0 Å². The number of hydrogen-bond acceptors (Lipinski definition) is 4. The van der Waals surface area contributed by atoms with Crippen LogP contribution in [0.3, 0.4) is 0 Å². The van der Waals surface area contributed by atoms with E-state index in [-0.39, 0.29) is 11.7 Å². The molecule has 2 aromatic heterocycles. The van der Waals surface area contributed by atoms with E-state index in [9.17, 15) is 9.18 Å². The highest BCUT2D eigenvalue weighted by molar-refractivity contribution is 5.95. The number of nitrogens with zero attached hydrogens (tertiary/aromatic N) is 4. The third-order valence-corrected chi connectivity index (χ3v) is 5.69. The minimum atomic E-state index is -0.208. The van der Waals surface area contributed by atoms with Gasteiger partial charge in [0.1, 0.15) is 5.82 Å². The number of amides is 1. The molecule has 3 aromatic rings. The largest absolute Gasteiger partial charge is 0.338 e. The van der Waals surface area contributed by atoms with Crippen LogP contribution in [-0.4, -0.2) is 38.8 Å². The van der Waals surface area contributed by atoms with Crippen molar-refractivity contribution in [1.82, 2.24) is 19.9 Å². The first-order chi connectivity index (χ1) is 14.6. The van der Waals surface area contributed by atoms with E-state index in [2.05, 4.69) is 15.0 Å². The molecule has 4 rings (SSSR count). The monoisotopic (exact) mass is 404 g/mol. The quantitative estimate of drug-likeness (QED) is 0.629. The number of aryl methyl sites for hydroxylation is 2. The van der Waals surface area contributed by atoms with Crippen LogP contribution >= 0.6 is 0 Å². The Bertz CT molecular complexity index is 1010. The van der Waals surface area contributed by atoms with Gasteiger partial charge < -0.3 is 4.90 Å². The number of pyridine rings is 1. The number of carbonyl (C=O) groups excluding carboxylic acids is 1. The number of aromatic nitrogens is 3. The Hall–Kier alpha value is -3.15. The second-order valence-electron chi connectivity index (χ2n) is 7.86. The summed E-state index contributed by atoms with van der Waals surface area (Å²) >= 11 is 0. The van der Waals surface area contributed by atoms with Crippen molar-refractivity contribution in [3.05, 3.63) is 77.6 Å². The number of hydrogen-bond donors (Lipinski definition) is 0. The number of carbonyl (C=O) groups is 1. The van der Waals surface area contributed by atoms with Gasteiger partial charge in [0.15, 0.2) is 5.82 Å². The van der Waals surface area contributed by atoms with Gasteiger partial charge in [-0.25, -0.2) is 14.4 Å². The maximum absolute atomic E-state index is 13.1. The summed E-state index contributed by atoms with van der Waals surface area (Å²) < 4.78 is 13.1. The molecule has 30 heavy (non-hydrogen) atoms. The van der Waals surface area contributed by atoms with E-state index in [1.54, 1.807) is 18.6 Å². The number of halogens is 1. The second kappa shape index (κ2) is 9.11. The summed E-state index contributed by atoms with van der Waals surface area (Å²) in [5, 5.41) is 0. The molecule has 0 spiro atoms. The van der Waals surface area contributed by atoms with Gasteiger partial charge in [0, 0.05) is 37.2 Å². The van der Waals surface area contributed by atoms with Crippen LogP contribution in [0, 0.1) is 18.7 Å². The summed E-state index contributed by atoms with van der Waals surface area (Å²) in [7, 11) is 0. The number of benzene rings is 1. The third-order valence-electron chi connectivity index (χ3n) is 5.69. The van der Waals surface area contributed by atoms with Crippen molar-refractivity contribution in [2.75, 3.05) is 13.1 Å². The van der Waals surface area contributed by atoms with Gasteiger partial charge in [-0.15, -0.1) is 0 Å². The molecule has 0 unspecified atom stereocenters. The first kappa shape index (κ1) is 20.1. The molecule has 5 nitrogen and oxygen atoms in total. The minimum Gasteiger partial charge on any atom is -0.338 e. The number of likely N-dealkylation sites (tertiary alicyclic amines) is 1. The zero-order chi connectivity index (χ0) is 20.9. The van der Waals surface area contributed by atoms with Crippen molar-refractivity contribution < 1.29 is 9.18 Å². The van der Waals surface area contributed by atoms with Crippen molar-refractivity contribution in [3.8, 4) is 11.4 Å². The number of rotatable bonds is 5. The molecule has 1 amide bonds. The lowest BCUT2D eigenvalue weighted by Crippen LogP contribution is -2.40. The van der Waals surface area contributed by atoms with Gasteiger partial charge in [0.2, 0.25) is 0 Å². The van der Waals surface area contributed by atoms with Gasteiger partial charge in [-0.2, -0.15) is 0 Å². The molecule has 0 radical (unpaired) electrons. The lowest BCUT2D eigenvalue weighted by molar-refractivity contribution is 0.0666. The zero-order valence-corrected chi connectivity index (χ0v) is 17.1. The Labute approximate surface area is 176 Å². The highest BCUT2D eigenvalue weighted by Crippen LogP contribution is 2.24. The first-order valence-corrected chi connectivity index (χ1v) is 10.4. The van der Waals surface area contributed by atoms with Gasteiger partial charge >= 0.3 is 0 Å². The summed E-state index contributed by atoms with van der Waals surface area (Å²) in [6.45, 7) is 3.35. The van der Waals surface area contributed by atoms with Crippen LogP contribution in [-0.2, 0) is 6.42 Å². The first-order valence-electron chi connectivity index (χ1n) is 10.4. The fraction of sp³-hybridized carbons (Fsp3) is 0.333. The summed E-state index contributed by atoms with van der Waals surface area (Å²) in [5.74, 6) is 0.814. The molecule has 0 N–H and O–H groups in total. The van der Waals surface area contributed by atoms with Crippen LogP contribution in [0.15, 0.2) is 55.0 Å². The molecule has 0 aliphatic carbocycles. The minimum absolute atomic E-state index is 0.00304. The maximum Gasteiger partial charge on any atom is 0.257 e. The zero-order valence-electron chi connectivity index (χ0n) is 17.1. The van der Waals surface area contributed by atoms with Gasteiger partial charge in [0.05, 0.1) is 11.3 Å². The molecule has 1 saturated heterocycles. The average Bonchev–Trinajstić information content (AvgIpc) is 2.79. The Morgan fingerprint density at radius 1 is 1.20 bits per heavy atom. The average molecular weight is 404 g/mol. The summed E-state index contributed by atoms with van der Waals surface area (Å²) in [6.07, 6.45) is 9.05. The Morgan fingerprint density at radius 3 is 2.77 bits per heavy atom. The van der Waals surface area contributed by atoms with E-state index in [1.165, 1.54) is 12.1 Å². The summed E-state index contributed by atoms with van der Waals surface area (Å²) in [5.41, 5.74) is 3.21. The molecule has 1 aliphatic heterocycles. The topological polar surface area (TPSA) is 59.0 Å². The van der Waals surface area contributed by atoms with Gasteiger partial charge in [-0.1, -0.05) is 12.1 Å². The molecule has 1 aliphatic rings. The van der Waals surface area contributed by atoms with Crippen LogP contribution in [0.1, 0.15) is 40.9 Å². The maximum atomic E-state index is 13.1. The lowest BCUT2D eigenvalue weighted by atomic mass is 9.91. The molecule has 3 heterocycles. The van der Waals surface area contributed by atoms with Crippen LogP contribution in [0.4, 0.5) is 4.39 Å². The highest BCUT2D eigenvalue weighted by atomic mass is 19.1. The van der Waals surface area contributed by atoms with E-state index in [4.69, 9.17) is 0 Å². The predicted molar refractivity (Wildman–Crippen MR) is 113 cm³/mol. The standard InChI is InChI=1S/C24H25FN4O/c1-17-22(15-27-23(28-17)20-5-2-12-26-14-20)24(30)29-13-3-4-19(16-29)7-6-18-8-10-21(25)11-9-18/h2,5,8-12,14-15,19H,3-4,6-7,13,16H2,1H3/t19-/m1/s1. The summed E-state index contributed by atoms with van der Waals surface area (Å²) in [4.78, 5) is 28.1. The molecular weight excluding hydrogens is 379 g/mol. The normalized spacial score (nSPS) is 16.5. The van der Waals surface area contributed by atoms with Crippen molar-refractivity contribution >= 4 is 5.91 Å². The van der Waals surface area contributed by atoms with Crippen LogP contribution in [0.5, 0.6) is 0 Å². The van der Waals surface area contributed by atoms with Crippen LogP contribution in [0.2, 0.25) is 0 Å². The van der Waals surface area contributed by atoms with Crippen LogP contribution in [0.25, 0.3) is 11.4 Å². The smallest absolute Gasteiger partial charge is 0.257 e. The van der Waals surface area contributed by atoms with E-state index in [0.29, 0.717) is 23.0 Å². The predicted octanol–water partition coefficient (Wildman–Crippen LogP) is 4.47. The molecule has 0 bridgehead atoms. The molecular formula is C24H25FN4O. The molecule has 1 aromatic carbocycles. The molecule has 154 valence electrons. The van der Waals surface area contributed by atoms with E-state index in [1.807, 2.05) is 36.1 Å². The van der Waals surface area contributed by atoms with Gasteiger partial charge in [0.25, 0.3) is 5.91 Å². The lowest BCUT2D eigenvalue weighted by Gasteiger charge is -2.33. The third kappa shape index (κ3) is 4.70. The van der Waals surface area contributed by atoms with E-state index < -0.39 is 0 Å². The Kier molecular flexibility index (Phi) is 6.12. The Morgan fingerprint density at radius 2 is 2.03 bits per heavy atom. The Balaban J connectivity index is 1.40. The second-order valence-corrected chi connectivity index (χ2v) is 7.86. The molecule has 1 fully saturated rings. The molecule has 1 atom stereocenters. The highest BCUT2D eigenvalue weighted by Gasteiger charge is 2.26. The van der Waals surface area contributed by atoms with Crippen molar-refractivity contribution in [2.24, 2.45) is 5.92 Å². The van der Waals surface area contributed by atoms with Crippen molar-refractivity contribution in [1.29, 1.82) is 0 Å². The van der Waals surface area contributed by atoms with E-state index in [0.717, 1.165) is 49.9 Å².